The zero-order valence-corrected chi connectivity index (χ0v) is 32.0. The monoisotopic (exact) mass is 718 g/mol. The van der Waals surface area contributed by atoms with Crippen LogP contribution >= 0.6 is 11.6 Å². The molecule has 0 radical (unpaired) electrons. The van der Waals surface area contributed by atoms with Gasteiger partial charge in [0.1, 0.15) is 12.4 Å². The lowest BCUT2D eigenvalue weighted by atomic mass is 9.73. The molecule has 0 aromatic heterocycles. The van der Waals surface area contributed by atoms with E-state index in [-0.39, 0.29) is 35.6 Å². The molecule has 0 amide bonds. The smallest absolute Gasteiger partial charge is 0.306 e. The van der Waals surface area contributed by atoms with E-state index in [0.717, 1.165) is 16.8 Å². The Kier molecular flexibility index (Phi) is 14.9. The standard InChI is InChI=1S/C42H55ClO6Si/c1-31(2)48-41(46)24-15-7-6-14-23-37-38(40(45)28-27-39(37)44)26-25-34(30-47-33-18-16-17-32(43)29-33)49-50(42(3,4)5,35-19-10-8-11-20-35)36-21-12-9-13-22-36/h6,8-14,16-22,25-26,29,31,34,37-40,44-45H,7,15,23-24,27-28,30H2,1-5H3/b14-6-,26-25+/t34?,37-,38-,39+,40-/m1/s1. The number of ether oxygens (including phenoxy) is 2. The van der Waals surface area contributed by atoms with Gasteiger partial charge in [-0.2, -0.15) is 0 Å². The summed E-state index contributed by atoms with van der Waals surface area (Å²) in [5.74, 6) is 0.0227. The number of aliphatic hydroxyl groups is 2. The number of carbonyl (C=O) groups excluding carboxylic acids is 1. The summed E-state index contributed by atoms with van der Waals surface area (Å²) in [6.07, 6.45) is 9.98. The van der Waals surface area contributed by atoms with Crippen molar-refractivity contribution in [3.8, 4) is 5.75 Å². The fraction of sp³-hybridized carbons (Fsp3) is 0.452. The number of hydrogen-bond acceptors (Lipinski definition) is 6. The average molecular weight is 719 g/mol. The van der Waals surface area contributed by atoms with Crippen LogP contribution in [0.4, 0.5) is 0 Å². The van der Waals surface area contributed by atoms with Gasteiger partial charge in [-0.05, 0) is 85.5 Å². The number of hydrogen-bond donors (Lipinski definition) is 2. The van der Waals surface area contributed by atoms with Crippen molar-refractivity contribution in [2.75, 3.05) is 6.61 Å². The third kappa shape index (κ3) is 10.9. The highest BCUT2D eigenvalue weighted by Gasteiger charge is 2.51. The Morgan fingerprint density at radius 3 is 2.16 bits per heavy atom. The van der Waals surface area contributed by atoms with E-state index < -0.39 is 26.6 Å². The lowest BCUT2D eigenvalue weighted by Crippen LogP contribution is -2.68. The Balaban J connectivity index is 1.63. The van der Waals surface area contributed by atoms with Crippen molar-refractivity contribution in [1.29, 1.82) is 0 Å². The fourth-order valence-electron chi connectivity index (χ4n) is 6.97. The van der Waals surface area contributed by atoms with E-state index in [9.17, 15) is 15.0 Å². The number of rotatable bonds is 16. The van der Waals surface area contributed by atoms with Gasteiger partial charge in [0.05, 0.1) is 24.4 Å². The number of unbranched alkanes of at least 4 members (excludes halogenated alkanes) is 1. The Morgan fingerprint density at radius 2 is 1.56 bits per heavy atom. The molecular formula is C42H55ClO6Si. The Hall–Kier alpha value is -3.20. The van der Waals surface area contributed by atoms with Gasteiger partial charge >= 0.3 is 5.97 Å². The van der Waals surface area contributed by atoms with E-state index in [1.54, 1.807) is 6.07 Å². The van der Waals surface area contributed by atoms with Gasteiger partial charge in [-0.1, -0.05) is 123 Å². The van der Waals surface area contributed by atoms with Crippen LogP contribution in [0, 0.1) is 11.8 Å². The zero-order chi connectivity index (χ0) is 36.1. The van der Waals surface area contributed by atoms with E-state index in [4.69, 9.17) is 25.5 Å². The minimum atomic E-state index is -2.96. The number of aliphatic hydroxyl groups excluding tert-OH is 2. The summed E-state index contributed by atoms with van der Waals surface area (Å²) < 4.78 is 19.1. The van der Waals surface area contributed by atoms with E-state index in [2.05, 4.69) is 81.5 Å². The molecule has 1 aliphatic carbocycles. The molecule has 270 valence electrons. The van der Waals surface area contributed by atoms with Gasteiger partial charge in [0.25, 0.3) is 8.32 Å². The molecule has 8 heteroatoms. The van der Waals surface area contributed by atoms with Crippen molar-refractivity contribution in [1.82, 2.24) is 0 Å². The van der Waals surface area contributed by atoms with Gasteiger partial charge < -0.3 is 24.1 Å². The molecule has 0 bridgehead atoms. The van der Waals surface area contributed by atoms with Crippen LogP contribution in [-0.2, 0) is 14.0 Å². The molecule has 0 saturated heterocycles. The van der Waals surface area contributed by atoms with Crippen LogP contribution in [0.1, 0.15) is 73.1 Å². The van der Waals surface area contributed by atoms with Gasteiger partial charge in [-0.15, -0.1) is 0 Å². The first-order valence-corrected chi connectivity index (χ1v) is 20.3. The second kappa shape index (κ2) is 18.9. The van der Waals surface area contributed by atoms with Crippen LogP contribution in [0.25, 0.3) is 0 Å². The largest absolute Gasteiger partial charge is 0.491 e. The van der Waals surface area contributed by atoms with Crippen molar-refractivity contribution in [2.24, 2.45) is 11.8 Å². The Labute approximate surface area is 305 Å². The van der Waals surface area contributed by atoms with Crippen LogP contribution in [0.5, 0.6) is 5.75 Å². The first-order valence-electron chi connectivity index (χ1n) is 18.0. The maximum absolute atomic E-state index is 11.9. The van der Waals surface area contributed by atoms with Gasteiger partial charge in [0.2, 0.25) is 0 Å². The summed E-state index contributed by atoms with van der Waals surface area (Å²) in [7, 11) is -2.96. The van der Waals surface area contributed by atoms with Crippen LogP contribution in [0.3, 0.4) is 0 Å². The topological polar surface area (TPSA) is 85.2 Å². The first-order chi connectivity index (χ1) is 23.9. The third-order valence-corrected chi connectivity index (χ3v) is 14.7. The fourth-order valence-corrected chi connectivity index (χ4v) is 11.8. The van der Waals surface area contributed by atoms with Crippen molar-refractivity contribution < 1.29 is 28.9 Å². The highest BCUT2D eigenvalue weighted by Crippen LogP contribution is 2.39. The molecule has 50 heavy (non-hydrogen) atoms. The summed E-state index contributed by atoms with van der Waals surface area (Å²) in [5, 5.41) is 25.1. The maximum atomic E-state index is 11.9. The molecule has 1 saturated carbocycles. The summed E-state index contributed by atoms with van der Waals surface area (Å²) in [4.78, 5) is 11.9. The van der Waals surface area contributed by atoms with E-state index in [0.29, 0.717) is 42.9 Å². The predicted molar refractivity (Wildman–Crippen MR) is 206 cm³/mol. The normalized spacial score (nSPS) is 20.7. The Bertz CT molecular complexity index is 1480. The van der Waals surface area contributed by atoms with Crippen LogP contribution < -0.4 is 15.1 Å². The van der Waals surface area contributed by atoms with Gasteiger partial charge in [0, 0.05) is 17.4 Å². The predicted octanol–water partition coefficient (Wildman–Crippen LogP) is 8.04. The van der Waals surface area contributed by atoms with Gasteiger partial charge in [0.15, 0.2) is 0 Å². The summed E-state index contributed by atoms with van der Waals surface area (Å²) >= 11 is 6.30. The lowest BCUT2D eigenvalue weighted by Gasteiger charge is -2.45. The molecule has 1 fully saturated rings. The molecule has 2 N–H and O–H groups in total. The van der Waals surface area contributed by atoms with Gasteiger partial charge in [-0.3, -0.25) is 4.79 Å². The van der Waals surface area contributed by atoms with Crippen molar-refractivity contribution in [3.05, 3.63) is 114 Å². The second-order valence-corrected chi connectivity index (χ2v) is 19.3. The maximum Gasteiger partial charge on any atom is 0.306 e. The van der Waals surface area contributed by atoms with E-state index in [1.807, 2.05) is 56.3 Å². The highest BCUT2D eigenvalue weighted by atomic mass is 35.5. The zero-order valence-electron chi connectivity index (χ0n) is 30.2. The molecule has 1 unspecified atom stereocenters. The molecule has 3 aromatic carbocycles. The van der Waals surface area contributed by atoms with Crippen LogP contribution in [0.15, 0.2) is 109 Å². The molecule has 0 aliphatic heterocycles. The van der Waals surface area contributed by atoms with E-state index in [1.165, 1.54) is 0 Å². The van der Waals surface area contributed by atoms with Crippen molar-refractivity contribution >= 4 is 36.3 Å². The Morgan fingerprint density at radius 1 is 0.920 bits per heavy atom. The minimum Gasteiger partial charge on any atom is -0.491 e. The van der Waals surface area contributed by atoms with Gasteiger partial charge in [-0.25, -0.2) is 0 Å². The number of carbonyl (C=O) groups is 1. The highest BCUT2D eigenvalue weighted by molar-refractivity contribution is 6.99. The summed E-state index contributed by atoms with van der Waals surface area (Å²) in [5.41, 5.74) is 0. The lowest BCUT2D eigenvalue weighted by molar-refractivity contribution is -0.147. The third-order valence-electron chi connectivity index (χ3n) is 9.39. The number of esters is 1. The number of benzene rings is 3. The quantitative estimate of drug-likeness (QED) is 0.0675. The first kappa shape index (κ1) is 39.6. The molecule has 0 spiro atoms. The molecular weight excluding hydrogens is 664 g/mol. The van der Waals surface area contributed by atoms with E-state index >= 15 is 0 Å². The molecule has 3 aromatic rings. The molecule has 1 aliphatic rings. The number of allylic oxidation sites excluding steroid dienone is 2. The van der Waals surface area contributed by atoms with Crippen LogP contribution in [0.2, 0.25) is 10.1 Å². The molecule has 4 rings (SSSR count). The van der Waals surface area contributed by atoms with Crippen molar-refractivity contribution in [2.45, 2.75) is 103 Å². The minimum absolute atomic E-state index is 0.112. The van der Waals surface area contributed by atoms with Crippen molar-refractivity contribution in [3.63, 3.8) is 0 Å². The SMILES string of the molecule is CC(C)OC(=O)CCC/C=C\C[C@@H]1[C@@H](/C=C/C(COc2cccc(Cl)c2)O[Si](c2ccccc2)(c2ccccc2)C(C)(C)C)[C@H](O)CC[C@@H]1O. The number of halogens is 1. The molecule has 5 atom stereocenters. The summed E-state index contributed by atoms with van der Waals surface area (Å²) in [6.45, 7) is 10.7. The average Bonchev–Trinajstić information content (AvgIpc) is 3.08. The second-order valence-electron chi connectivity index (χ2n) is 14.6. The summed E-state index contributed by atoms with van der Waals surface area (Å²) in [6, 6.07) is 28.3. The van der Waals surface area contributed by atoms with Crippen LogP contribution in [-0.4, -0.2) is 55.5 Å². The molecule has 0 heterocycles. The molecule has 6 nitrogen and oxygen atoms in total.